The van der Waals surface area contributed by atoms with Crippen LogP contribution in [0, 0.1) is 30.6 Å². The molecule has 7 heteroatoms. The molecule has 4 aromatic rings. The predicted octanol–water partition coefficient (Wildman–Crippen LogP) is 5.56. The van der Waals surface area contributed by atoms with Crippen molar-refractivity contribution >= 4 is 40.2 Å². The van der Waals surface area contributed by atoms with Crippen LogP contribution in [0.5, 0.6) is 0 Å². The number of esters is 1. The molecule has 0 spiro atoms. The smallest absolute Gasteiger partial charge is 0.339 e. The summed E-state index contributed by atoms with van der Waals surface area (Å²) in [6.07, 6.45) is 5.05. The Bertz CT molecular complexity index is 1750. The minimum atomic E-state index is -0.617. The molecule has 1 aromatic heterocycles. The molecule has 0 N–H and O–H groups in total. The van der Waals surface area contributed by atoms with E-state index in [1.54, 1.807) is 54.6 Å². The standard InChI is InChI=1S/C34H26N2O5/c1-19-7-14-27-25(15-19)26(34(40)41-18-29(37)21-5-3-2-4-6-21)17-28(35-27)20-10-12-24(13-11-20)36-32(38)30-22-8-9-23(16-22)31(30)33(36)39/h2-15,17,22-23,30-31H,16,18H2,1H3/t22-,23+,30-,31+. The number of ketones is 1. The second-order valence-electron chi connectivity index (χ2n) is 11.0. The quantitative estimate of drug-likeness (QED) is 0.137. The maximum atomic E-state index is 13.3. The Labute approximate surface area is 236 Å². The molecule has 2 bridgehead atoms. The van der Waals surface area contributed by atoms with Crippen molar-refractivity contribution in [3.8, 4) is 11.3 Å². The second-order valence-corrected chi connectivity index (χ2v) is 11.0. The first-order valence-corrected chi connectivity index (χ1v) is 13.7. The van der Waals surface area contributed by atoms with Gasteiger partial charge >= 0.3 is 5.97 Å². The number of aryl methyl sites for hydroxylation is 1. The molecule has 3 aliphatic rings. The van der Waals surface area contributed by atoms with Crippen molar-refractivity contribution in [3.63, 3.8) is 0 Å². The minimum absolute atomic E-state index is 0.126. The van der Waals surface area contributed by atoms with Crippen molar-refractivity contribution in [3.05, 3.63) is 108 Å². The fourth-order valence-electron chi connectivity index (χ4n) is 6.51. The minimum Gasteiger partial charge on any atom is -0.454 e. The van der Waals surface area contributed by atoms with Gasteiger partial charge in [0.25, 0.3) is 0 Å². The van der Waals surface area contributed by atoms with E-state index in [-0.39, 0.29) is 47.9 Å². The number of pyridine rings is 1. The Morgan fingerprint density at radius 1 is 0.878 bits per heavy atom. The topological polar surface area (TPSA) is 93.6 Å². The van der Waals surface area contributed by atoms with Gasteiger partial charge in [-0.15, -0.1) is 0 Å². The molecule has 0 radical (unpaired) electrons. The number of ether oxygens (including phenoxy) is 1. The van der Waals surface area contributed by atoms with E-state index in [4.69, 9.17) is 9.72 Å². The fraction of sp³-hybridized carbons (Fsp3) is 0.206. The number of Topliss-reactive ketones (excluding diaryl/α,β-unsaturated/α-hetero) is 1. The molecule has 41 heavy (non-hydrogen) atoms. The summed E-state index contributed by atoms with van der Waals surface area (Å²) in [7, 11) is 0. The Morgan fingerprint density at radius 2 is 1.56 bits per heavy atom. The molecule has 1 saturated heterocycles. The van der Waals surface area contributed by atoms with Gasteiger partial charge in [0.05, 0.1) is 34.3 Å². The van der Waals surface area contributed by atoms with E-state index in [1.165, 1.54) is 4.90 Å². The molecule has 0 unspecified atom stereocenters. The van der Waals surface area contributed by atoms with Crippen LogP contribution < -0.4 is 4.90 Å². The van der Waals surface area contributed by atoms with Crippen LogP contribution in [0.2, 0.25) is 0 Å². The predicted molar refractivity (Wildman–Crippen MR) is 153 cm³/mol. The summed E-state index contributed by atoms with van der Waals surface area (Å²) in [6, 6.07) is 23.1. The number of nitrogens with zero attached hydrogens (tertiary/aromatic N) is 2. The first kappa shape index (κ1) is 25.1. The number of aromatic nitrogens is 1. The van der Waals surface area contributed by atoms with E-state index in [2.05, 4.69) is 12.2 Å². The number of benzene rings is 3. The number of allylic oxidation sites excluding steroid dienone is 2. The SMILES string of the molecule is Cc1ccc2nc(-c3ccc(N4C(=O)[C@@H]5[C@H](C4=O)[C@@H]4C=C[C@H]5C4)cc3)cc(C(=O)OCC(=O)c3ccccc3)c2c1. The second kappa shape index (κ2) is 9.63. The van der Waals surface area contributed by atoms with Crippen molar-refractivity contribution in [1.29, 1.82) is 0 Å². The van der Waals surface area contributed by atoms with Gasteiger partial charge in [-0.05, 0) is 55.5 Å². The highest BCUT2D eigenvalue weighted by atomic mass is 16.5. The van der Waals surface area contributed by atoms with Crippen LogP contribution >= 0.6 is 0 Å². The van der Waals surface area contributed by atoms with Crippen LogP contribution in [0.3, 0.4) is 0 Å². The summed E-state index contributed by atoms with van der Waals surface area (Å²) in [4.78, 5) is 58.3. The van der Waals surface area contributed by atoms with Crippen molar-refractivity contribution in [2.75, 3.05) is 11.5 Å². The zero-order chi connectivity index (χ0) is 28.2. The number of carbonyl (C=O) groups is 4. The molecule has 7 rings (SSSR count). The summed E-state index contributed by atoms with van der Waals surface area (Å²) >= 11 is 0. The molecule has 2 aliphatic carbocycles. The average Bonchev–Trinajstić information content (AvgIpc) is 3.69. The average molecular weight is 543 g/mol. The van der Waals surface area contributed by atoms with Gasteiger partial charge in [0.1, 0.15) is 0 Å². The Kier molecular flexibility index (Phi) is 5.89. The lowest BCUT2D eigenvalue weighted by Gasteiger charge is -2.17. The number of fused-ring (bicyclic) bond motifs is 6. The van der Waals surface area contributed by atoms with Gasteiger partial charge < -0.3 is 4.74 Å². The zero-order valence-electron chi connectivity index (χ0n) is 22.3. The Hall–Kier alpha value is -4.91. The maximum absolute atomic E-state index is 13.3. The molecular formula is C34H26N2O5. The lowest BCUT2D eigenvalue weighted by atomic mass is 9.85. The first-order chi connectivity index (χ1) is 19.9. The lowest BCUT2D eigenvalue weighted by molar-refractivity contribution is -0.123. The molecule has 1 saturated carbocycles. The van der Waals surface area contributed by atoms with Crippen LogP contribution in [0.1, 0.15) is 32.7 Å². The highest BCUT2D eigenvalue weighted by Crippen LogP contribution is 2.53. The van der Waals surface area contributed by atoms with Crippen LogP contribution in [0.4, 0.5) is 5.69 Å². The highest BCUT2D eigenvalue weighted by Gasteiger charge is 2.59. The molecule has 202 valence electrons. The van der Waals surface area contributed by atoms with E-state index in [9.17, 15) is 19.2 Å². The summed E-state index contributed by atoms with van der Waals surface area (Å²) in [5.74, 6) is -1.38. The zero-order valence-corrected chi connectivity index (χ0v) is 22.3. The van der Waals surface area contributed by atoms with Gasteiger partial charge in [0.2, 0.25) is 11.8 Å². The summed E-state index contributed by atoms with van der Waals surface area (Å²) in [5.41, 5.74) is 4.13. The van der Waals surface area contributed by atoms with Crippen molar-refractivity contribution in [1.82, 2.24) is 4.98 Å². The number of hydrogen-bond donors (Lipinski definition) is 0. The van der Waals surface area contributed by atoms with Gasteiger partial charge in [0.15, 0.2) is 12.4 Å². The van der Waals surface area contributed by atoms with Gasteiger partial charge in [-0.1, -0.05) is 66.2 Å². The highest BCUT2D eigenvalue weighted by molar-refractivity contribution is 6.22. The number of hydrogen-bond acceptors (Lipinski definition) is 6. The fourth-order valence-corrected chi connectivity index (χ4v) is 6.51. The molecule has 7 nitrogen and oxygen atoms in total. The molecule has 4 atom stereocenters. The molecule has 1 aliphatic heterocycles. The molecule has 2 fully saturated rings. The molecule has 2 amide bonds. The summed E-state index contributed by atoms with van der Waals surface area (Å²) in [6.45, 7) is 1.55. The van der Waals surface area contributed by atoms with Crippen molar-refractivity contribution < 1.29 is 23.9 Å². The van der Waals surface area contributed by atoms with Gasteiger partial charge in [-0.2, -0.15) is 0 Å². The number of amides is 2. The molecular weight excluding hydrogens is 516 g/mol. The van der Waals surface area contributed by atoms with Crippen molar-refractivity contribution in [2.45, 2.75) is 13.3 Å². The summed E-state index contributed by atoms with van der Waals surface area (Å²) < 4.78 is 5.45. The van der Waals surface area contributed by atoms with Crippen LogP contribution in [0.15, 0.2) is 91.0 Å². The monoisotopic (exact) mass is 542 g/mol. The number of rotatable bonds is 6. The van der Waals surface area contributed by atoms with Gasteiger partial charge in [-0.25, -0.2) is 9.78 Å². The normalized spacial score (nSPS) is 22.4. The van der Waals surface area contributed by atoms with Crippen molar-refractivity contribution in [2.24, 2.45) is 23.7 Å². The van der Waals surface area contributed by atoms with Gasteiger partial charge in [-0.3, -0.25) is 19.3 Å². The molecule has 2 heterocycles. The third-order valence-corrected chi connectivity index (χ3v) is 8.51. The lowest BCUT2D eigenvalue weighted by Crippen LogP contribution is -2.32. The van der Waals surface area contributed by atoms with Crippen LogP contribution in [-0.4, -0.2) is 35.2 Å². The number of imide groups is 1. The summed E-state index contributed by atoms with van der Waals surface area (Å²) in [5, 5.41) is 0.630. The number of anilines is 1. The van der Waals surface area contributed by atoms with E-state index in [1.807, 2.05) is 31.2 Å². The van der Waals surface area contributed by atoms with Crippen LogP contribution in [0.25, 0.3) is 22.2 Å². The first-order valence-electron chi connectivity index (χ1n) is 13.7. The van der Waals surface area contributed by atoms with Crippen LogP contribution in [-0.2, 0) is 14.3 Å². The van der Waals surface area contributed by atoms with E-state index >= 15 is 0 Å². The van der Waals surface area contributed by atoms with E-state index in [0.717, 1.165) is 12.0 Å². The van der Waals surface area contributed by atoms with Gasteiger partial charge in [0, 0.05) is 16.5 Å². The largest absolute Gasteiger partial charge is 0.454 e. The Balaban J connectivity index is 1.17. The third kappa shape index (κ3) is 4.16. The van der Waals surface area contributed by atoms with E-state index < -0.39 is 5.97 Å². The third-order valence-electron chi connectivity index (χ3n) is 8.51. The number of carbonyl (C=O) groups excluding carboxylic acids is 4. The Morgan fingerprint density at radius 3 is 2.24 bits per heavy atom. The molecule has 3 aromatic carbocycles. The van der Waals surface area contributed by atoms with E-state index in [0.29, 0.717) is 39.0 Å². The maximum Gasteiger partial charge on any atom is 0.339 e.